The van der Waals surface area contributed by atoms with Crippen molar-refractivity contribution >= 4 is 12.0 Å². The summed E-state index contributed by atoms with van der Waals surface area (Å²) in [5, 5.41) is 0. The Morgan fingerprint density at radius 1 is 1.53 bits per heavy atom. The van der Waals surface area contributed by atoms with E-state index in [1.54, 1.807) is 17.3 Å². The van der Waals surface area contributed by atoms with Crippen LogP contribution >= 0.6 is 0 Å². The lowest BCUT2D eigenvalue weighted by Gasteiger charge is -2.36. The molecule has 0 radical (unpaired) electrons. The Morgan fingerprint density at radius 3 is 2.65 bits per heavy atom. The first-order valence-electron chi connectivity index (χ1n) is 5.99. The summed E-state index contributed by atoms with van der Waals surface area (Å²) in [6.07, 6.45) is 6.22. The minimum Gasteiger partial charge on any atom is -0.443 e. The van der Waals surface area contributed by atoms with Gasteiger partial charge in [0.15, 0.2) is 0 Å². The lowest BCUT2D eigenvalue weighted by molar-refractivity contribution is 0.0546. The smallest absolute Gasteiger partial charge is 0.417 e. The number of rotatable bonds is 2. The molecule has 17 heavy (non-hydrogen) atoms. The minimum absolute atomic E-state index is 0.219. The maximum absolute atomic E-state index is 12.1. The number of imidazole rings is 1. The summed E-state index contributed by atoms with van der Waals surface area (Å²) >= 11 is 0. The fourth-order valence-corrected chi connectivity index (χ4v) is 1.75. The van der Waals surface area contributed by atoms with Crippen LogP contribution in [0.25, 0.3) is 0 Å². The van der Waals surface area contributed by atoms with Gasteiger partial charge in [-0.15, -0.1) is 0 Å². The van der Waals surface area contributed by atoms with Crippen molar-refractivity contribution in [1.82, 2.24) is 9.97 Å². The van der Waals surface area contributed by atoms with E-state index in [-0.39, 0.29) is 12.1 Å². The Hall–Kier alpha value is -1.52. The third kappa shape index (κ3) is 2.78. The van der Waals surface area contributed by atoms with Crippen LogP contribution in [-0.4, -0.2) is 27.7 Å². The molecule has 0 aliphatic heterocycles. The van der Waals surface area contributed by atoms with Gasteiger partial charge < -0.3 is 9.72 Å². The van der Waals surface area contributed by atoms with Crippen LogP contribution in [0.3, 0.4) is 0 Å². The minimum atomic E-state index is -0.480. The lowest BCUT2D eigenvalue weighted by Crippen LogP contribution is -2.47. The van der Waals surface area contributed by atoms with Crippen LogP contribution < -0.4 is 4.90 Å². The molecule has 5 heteroatoms. The molecule has 1 aromatic heterocycles. The van der Waals surface area contributed by atoms with E-state index in [0.29, 0.717) is 5.95 Å². The number of hydrogen-bond donors (Lipinski definition) is 1. The first-order valence-corrected chi connectivity index (χ1v) is 5.99. The molecular weight excluding hydrogens is 218 g/mol. The molecule has 94 valence electrons. The molecule has 5 nitrogen and oxygen atoms in total. The number of hydrogen-bond acceptors (Lipinski definition) is 3. The quantitative estimate of drug-likeness (QED) is 0.860. The standard InChI is InChI=1S/C12H19N3O2/c1-12(2,3)17-11(16)15(9-5-4-6-9)10-13-7-8-14-10/h7-9H,4-6H2,1-3H3,(H,13,14). The van der Waals surface area contributed by atoms with E-state index < -0.39 is 5.60 Å². The molecular formula is C12H19N3O2. The molecule has 1 aliphatic rings. The van der Waals surface area contributed by atoms with Gasteiger partial charge >= 0.3 is 6.09 Å². The van der Waals surface area contributed by atoms with E-state index in [9.17, 15) is 4.79 Å². The third-order valence-electron chi connectivity index (χ3n) is 2.74. The number of H-pyrrole nitrogens is 1. The van der Waals surface area contributed by atoms with Gasteiger partial charge in [0, 0.05) is 18.4 Å². The van der Waals surface area contributed by atoms with E-state index in [4.69, 9.17) is 4.74 Å². The Bertz CT molecular complexity index is 377. The number of carbonyl (C=O) groups excluding carboxylic acids is 1. The highest BCUT2D eigenvalue weighted by atomic mass is 16.6. The van der Waals surface area contributed by atoms with Crippen LogP contribution in [0.5, 0.6) is 0 Å². The highest BCUT2D eigenvalue weighted by Crippen LogP contribution is 2.29. The number of carbonyl (C=O) groups is 1. The summed E-state index contributed by atoms with van der Waals surface area (Å²) in [5.41, 5.74) is -0.480. The number of nitrogens with zero attached hydrogens (tertiary/aromatic N) is 2. The molecule has 1 amide bonds. The van der Waals surface area contributed by atoms with Crippen molar-refractivity contribution in [2.24, 2.45) is 0 Å². The van der Waals surface area contributed by atoms with Crippen molar-refractivity contribution < 1.29 is 9.53 Å². The summed E-state index contributed by atoms with van der Waals surface area (Å²) in [6, 6.07) is 0.219. The van der Waals surface area contributed by atoms with Gasteiger partial charge in [-0.2, -0.15) is 0 Å². The summed E-state index contributed by atoms with van der Waals surface area (Å²) < 4.78 is 5.41. The van der Waals surface area contributed by atoms with E-state index in [2.05, 4.69) is 9.97 Å². The molecule has 0 spiro atoms. The Morgan fingerprint density at radius 2 is 2.24 bits per heavy atom. The van der Waals surface area contributed by atoms with Crippen molar-refractivity contribution in [1.29, 1.82) is 0 Å². The van der Waals surface area contributed by atoms with Crippen molar-refractivity contribution in [3.05, 3.63) is 12.4 Å². The SMILES string of the molecule is CC(C)(C)OC(=O)N(c1ncc[nH]1)C1CCC1. The van der Waals surface area contributed by atoms with Crippen LogP contribution in [0.1, 0.15) is 40.0 Å². The van der Waals surface area contributed by atoms with Gasteiger partial charge in [0.1, 0.15) is 5.60 Å². The molecule has 0 atom stereocenters. The topological polar surface area (TPSA) is 58.2 Å². The van der Waals surface area contributed by atoms with Gasteiger partial charge in [-0.05, 0) is 40.0 Å². The van der Waals surface area contributed by atoms with Crippen molar-refractivity contribution in [3.8, 4) is 0 Å². The second-order valence-corrected chi connectivity index (χ2v) is 5.35. The number of aromatic nitrogens is 2. The van der Waals surface area contributed by atoms with E-state index in [1.165, 1.54) is 0 Å². The second-order valence-electron chi connectivity index (χ2n) is 5.35. The van der Waals surface area contributed by atoms with Crippen LogP contribution in [-0.2, 0) is 4.74 Å². The Kier molecular flexibility index (Phi) is 3.09. The number of nitrogens with one attached hydrogen (secondary N) is 1. The molecule has 0 unspecified atom stereocenters. The summed E-state index contributed by atoms with van der Waals surface area (Å²) in [5.74, 6) is 0.573. The fraction of sp³-hybridized carbons (Fsp3) is 0.667. The molecule has 1 N–H and O–H groups in total. The van der Waals surface area contributed by atoms with Crippen LogP contribution in [0, 0.1) is 0 Å². The van der Waals surface area contributed by atoms with Gasteiger partial charge in [0.05, 0.1) is 0 Å². The second kappa shape index (κ2) is 4.39. The van der Waals surface area contributed by atoms with Crippen LogP contribution in [0.4, 0.5) is 10.7 Å². The fourth-order valence-electron chi connectivity index (χ4n) is 1.75. The van der Waals surface area contributed by atoms with Gasteiger partial charge in [-0.25, -0.2) is 14.7 Å². The maximum atomic E-state index is 12.1. The molecule has 1 heterocycles. The third-order valence-corrected chi connectivity index (χ3v) is 2.74. The maximum Gasteiger partial charge on any atom is 0.417 e. The summed E-state index contributed by atoms with van der Waals surface area (Å²) in [6.45, 7) is 5.60. The highest BCUT2D eigenvalue weighted by molar-refractivity contribution is 5.86. The number of ether oxygens (including phenoxy) is 1. The van der Waals surface area contributed by atoms with E-state index in [1.807, 2.05) is 20.8 Å². The Balaban J connectivity index is 2.13. The summed E-state index contributed by atoms with van der Waals surface area (Å²) in [7, 11) is 0. The molecule has 1 fully saturated rings. The largest absolute Gasteiger partial charge is 0.443 e. The normalized spacial score (nSPS) is 16.4. The molecule has 2 rings (SSSR count). The van der Waals surface area contributed by atoms with Crippen LogP contribution in [0.2, 0.25) is 0 Å². The molecule has 1 aromatic rings. The first-order chi connectivity index (χ1) is 7.97. The van der Waals surface area contributed by atoms with Crippen molar-refractivity contribution in [3.63, 3.8) is 0 Å². The molecule has 0 saturated heterocycles. The number of aromatic amines is 1. The molecule has 1 saturated carbocycles. The number of anilines is 1. The zero-order chi connectivity index (χ0) is 12.5. The lowest BCUT2D eigenvalue weighted by atomic mass is 9.92. The Labute approximate surface area is 101 Å². The zero-order valence-corrected chi connectivity index (χ0v) is 10.6. The number of amides is 1. The van der Waals surface area contributed by atoms with Crippen molar-refractivity contribution in [2.75, 3.05) is 4.90 Å². The zero-order valence-electron chi connectivity index (χ0n) is 10.6. The molecule has 0 bridgehead atoms. The monoisotopic (exact) mass is 237 g/mol. The van der Waals surface area contributed by atoms with Crippen molar-refractivity contribution in [2.45, 2.75) is 51.7 Å². The first kappa shape index (κ1) is 12.0. The van der Waals surface area contributed by atoms with Gasteiger partial charge in [0.25, 0.3) is 0 Å². The average molecular weight is 237 g/mol. The van der Waals surface area contributed by atoms with Gasteiger partial charge in [-0.3, -0.25) is 0 Å². The highest BCUT2D eigenvalue weighted by Gasteiger charge is 2.34. The van der Waals surface area contributed by atoms with Crippen LogP contribution in [0.15, 0.2) is 12.4 Å². The van der Waals surface area contributed by atoms with E-state index >= 15 is 0 Å². The van der Waals surface area contributed by atoms with Gasteiger partial charge in [0.2, 0.25) is 5.95 Å². The predicted molar refractivity (Wildman–Crippen MR) is 64.9 cm³/mol. The summed E-state index contributed by atoms with van der Waals surface area (Å²) in [4.78, 5) is 20.9. The molecule has 0 aromatic carbocycles. The van der Waals surface area contributed by atoms with E-state index in [0.717, 1.165) is 19.3 Å². The predicted octanol–water partition coefficient (Wildman–Crippen LogP) is 2.70. The van der Waals surface area contributed by atoms with Gasteiger partial charge in [-0.1, -0.05) is 0 Å². The average Bonchev–Trinajstić information content (AvgIpc) is 2.59. The molecule has 1 aliphatic carbocycles.